The van der Waals surface area contributed by atoms with E-state index in [9.17, 15) is 19.8 Å². The molecule has 2 unspecified atom stereocenters. The summed E-state index contributed by atoms with van der Waals surface area (Å²) in [6.45, 7) is 7.23. The van der Waals surface area contributed by atoms with Crippen LogP contribution in [0.2, 0.25) is 0 Å². The van der Waals surface area contributed by atoms with Crippen LogP contribution < -0.4 is 5.32 Å². The molecule has 1 aromatic rings. The lowest BCUT2D eigenvalue weighted by atomic mass is 10.1. The maximum absolute atomic E-state index is 11.5. The summed E-state index contributed by atoms with van der Waals surface area (Å²) in [5.74, 6) is 0. The second-order valence-corrected chi connectivity index (χ2v) is 7.16. The van der Waals surface area contributed by atoms with Crippen LogP contribution in [0.1, 0.15) is 53.4 Å². The number of carbonyl (C=O) groups excluding carboxylic acids is 2. The molecule has 0 aliphatic heterocycles. The lowest BCUT2D eigenvalue weighted by Crippen LogP contribution is -2.34. The van der Waals surface area contributed by atoms with Crippen molar-refractivity contribution < 1.29 is 24.5 Å². The molecule has 6 nitrogen and oxygen atoms in total. The Hall–Kier alpha value is -1.44. The zero-order chi connectivity index (χ0) is 16.9. The molecule has 2 atom stereocenters. The summed E-state index contributed by atoms with van der Waals surface area (Å²) in [5, 5.41) is 22.7. The van der Waals surface area contributed by atoms with Crippen LogP contribution in [-0.2, 0) is 4.74 Å². The van der Waals surface area contributed by atoms with Gasteiger partial charge in [-0.1, -0.05) is 0 Å². The molecular formula is C15H23NO5S. The Morgan fingerprint density at radius 2 is 2.09 bits per heavy atom. The van der Waals surface area contributed by atoms with Gasteiger partial charge in [0.05, 0.1) is 11.0 Å². The van der Waals surface area contributed by atoms with Crippen LogP contribution in [0.15, 0.2) is 6.07 Å². The number of aliphatic hydroxyl groups is 2. The van der Waals surface area contributed by atoms with Gasteiger partial charge in [0.15, 0.2) is 6.29 Å². The molecule has 0 aliphatic carbocycles. The number of rotatable bonds is 6. The molecule has 1 aromatic heterocycles. The highest BCUT2D eigenvalue weighted by Crippen LogP contribution is 2.29. The molecule has 1 rings (SSSR count). The molecule has 0 saturated heterocycles. The van der Waals surface area contributed by atoms with Crippen molar-refractivity contribution in [1.82, 2.24) is 5.32 Å². The van der Waals surface area contributed by atoms with Crippen LogP contribution in [0.25, 0.3) is 0 Å². The topological polar surface area (TPSA) is 95.9 Å². The third kappa shape index (κ3) is 5.75. The fourth-order valence-corrected chi connectivity index (χ4v) is 2.88. The number of aldehydes is 1. The fraction of sp³-hybridized carbons (Fsp3) is 0.600. The zero-order valence-electron chi connectivity index (χ0n) is 13.3. The van der Waals surface area contributed by atoms with Crippen LogP contribution in [0.4, 0.5) is 4.79 Å². The molecule has 1 heterocycles. The number of alkyl carbamates (subject to hydrolysis) is 1. The number of aliphatic hydroxyl groups excluding tert-OH is 2. The van der Waals surface area contributed by atoms with Crippen LogP contribution in [-0.4, -0.2) is 40.8 Å². The Bertz CT molecular complexity index is 520. The number of ether oxygens (including phenoxy) is 1. The highest BCUT2D eigenvalue weighted by molar-refractivity contribution is 7.13. The fourth-order valence-electron chi connectivity index (χ4n) is 1.84. The van der Waals surface area contributed by atoms with Gasteiger partial charge in [0.1, 0.15) is 11.7 Å². The van der Waals surface area contributed by atoms with Gasteiger partial charge in [-0.25, -0.2) is 4.79 Å². The minimum Gasteiger partial charge on any atom is -0.444 e. The third-order valence-corrected chi connectivity index (χ3v) is 4.07. The van der Waals surface area contributed by atoms with E-state index in [-0.39, 0.29) is 13.0 Å². The average Bonchev–Trinajstić information content (AvgIpc) is 2.76. The lowest BCUT2D eigenvalue weighted by molar-refractivity contribution is 0.0140. The van der Waals surface area contributed by atoms with Gasteiger partial charge in [0, 0.05) is 11.4 Å². The molecule has 7 heteroatoms. The standard InChI is InChI=1S/C15H23NO5S/c1-9-7-10(8-17)22-13(9)12(19)11(18)5-6-16-14(20)21-15(2,3)4/h7-8,11-12,18-19H,5-6H2,1-4H3,(H,16,20). The smallest absolute Gasteiger partial charge is 0.407 e. The molecule has 0 spiro atoms. The first-order chi connectivity index (χ1) is 10.1. The predicted molar refractivity (Wildman–Crippen MR) is 84.3 cm³/mol. The maximum Gasteiger partial charge on any atom is 0.407 e. The molecule has 22 heavy (non-hydrogen) atoms. The molecule has 3 N–H and O–H groups in total. The molecule has 0 bridgehead atoms. The first-order valence-electron chi connectivity index (χ1n) is 7.02. The summed E-state index contributed by atoms with van der Waals surface area (Å²) in [4.78, 5) is 23.3. The van der Waals surface area contributed by atoms with Gasteiger partial charge in [-0.3, -0.25) is 4.79 Å². The first-order valence-corrected chi connectivity index (χ1v) is 7.84. The SMILES string of the molecule is Cc1cc(C=O)sc1C(O)C(O)CCNC(=O)OC(C)(C)C. The van der Waals surface area contributed by atoms with E-state index >= 15 is 0 Å². The Morgan fingerprint density at radius 3 is 2.59 bits per heavy atom. The summed E-state index contributed by atoms with van der Waals surface area (Å²) in [5.41, 5.74) is 0.181. The van der Waals surface area contributed by atoms with Crippen LogP contribution in [0, 0.1) is 6.92 Å². The van der Waals surface area contributed by atoms with Crippen LogP contribution >= 0.6 is 11.3 Å². The number of thiophene rings is 1. The molecule has 0 aliphatic rings. The van der Waals surface area contributed by atoms with Crippen LogP contribution in [0.3, 0.4) is 0 Å². The predicted octanol–water partition coefficient (Wildman–Crippen LogP) is 2.18. The molecule has 0 radical (unpaired) electrons. The minimum absolute atomic E-state index is 0.175. The number of hydrogen-bond donors (Lipinski definition) is 3. The van der Waals surface area contributed by atoms with Gasteiger partial charge in [-0.15, -0.1) is 11.3 Å². The Morgan fingerprint density at radius 1 is 1.45 bits per heavy atom. The highest BCUT2D eigenvalue weighted by Gasteiger charge is 2.23. The van der Waals surface area contributed by atoms with Gasteiger partial charge in [0.2, 0.25) is 0 Å². The van der Waals surface area contributed by atoms with Crippen molar-refractivity contribution in [2.75, 3.05) is 6.54 Å². The van der Waals surface area contributed by atoms with Gasteiger partial charge in [0.25, 0.3) is 0 Å². The van der Waals surface area contributed by atoms with Crippen LogP contribution in [0.5, 0.6) is 0 Å². The number of aryl methyl sites for hydroxylation is 1. The summed E-state index contributed by atoms with van der Waals surface area (Å²) in [6, 6.07) is 1.67. The number of nitrogens with one attached hydrogen (secondary N) is 1. The Kier molecular flexibility index (Phi) is 6.52. The number of carbonyl (C=O) groups is 2. The second-order valence-electron chi connectivity index (χ2n) is 6.04. The lowest BCUT2D eigenvalue weighted by Gasteiger charge is -2.21. The van der Waals surface area contributed by atoms with E-state index in [1.807, 2.05) is 0 Å². The van der Waals surface area contributed by atoms with E-state index in [4.69, 9.17) is 4.74 Å². The van der Waals surface area contributed by atoms with Crippen molar-refractivity contribution in [3.05, 3.63) is 21.4 Å². The Balaban J connectivity index is 2.47. The second kappa shape index (κ2) is 7.71. The normalized spacial score (nSPS) is 14.3. The van der Waals surface area contributed by atoms with E-state index in [2.05, 4.69) is 5.32 Å². The van der Waals surface area contributed by atoms with Crippen molar-refractivity contribution in [3.8, 4) is 0 Å². The maximum atomic E-state index is 11.5. The van der Waals surface area contributed by atoms with Gasteiger partial charge < -0.3 is 20.3 Å². The number of amides is 1. The van der Waals surface area contributed by atoms with E-state index in [1.165, 1.54) is 0 Å². The minimum atomic E-state index is -1.08. The quantitative estimate of drug-likeness (QED) is 0.695. The summed E-state index contributed by atoms with van der Waals surface area (Å²) < 4.78 is 5.07. The largest absolute Gasteiger partial charge is 0.444 e. The molecule has 0 fully saturated rings. The molecule has 0 aromatic carbocycles. The summed E-state index contributed by atoms with van der Waals surface area (Å²) in [7, 11) is 0. The van der Waals surface area contributed by atoms with Crippen molar-refractivity contribution in [2.45, 2.75) is 51.9 Å². The average molecular weight is 329 g/mol. The summed E-state index contributed by atoms with van der Waals surface area (Å²) >= 11 is 1.15. The van der Waals surface area contributed by atoms with E-state index in [0.29, 0.717) is 16.0 Å². The van der Waals surface area contributed by atoms with E-state index in [1.54, 1.807) is 33.8 Å². The van der Waals surface area contributed by atoms with Gasteiger partial charge >= 0.3 is 6.09 Å². The van der Waals surface area contributed by atoms with E-state index in [0.717, 1.165) is 16.9 Å². The van der Waals surface area contributed by atoms with Crippen molar-refractivity contribution in [1.29, 1.82) is 0 Å². The number of hydrogen-bond acceptors (Lipinski definition) is 6. The van der Waals surface area contributed by atoms with Crippen molar-refractivity contribution in [3.63, 3.8) is 0 Å². The van der Waals surface area contributed by atoms with E-state index < -0.39 is 23.9 Å². The molecule has 124 valence electrons. The Labute approximate surface area is 134 Å². The zero-order valence-corrected chi connectivity index (χ0v) is 14.1. The van der Waals surface area contributed by atoms with Crippen molar-refractivity contribution in [2.24, 2.45) is 0 Å². The van der Waals surface area contributed by atoms with Crippen molar-refractivity contribution >= 4 is 23.7 Å². The first kappa shape index (κ1) is 18.6. The highest BCUT2D eigenvalue weighted by atomic mass is 32.1. The monoisotopic (exact) mass is 329 g/mol. The molecular weight excluding hydrogens is 306 g/mol. The molecule has 1 amide bonds. The summed E-state index contributed by atoms with van der Waals surface area (Å²) in [6.07, 6.45) is -1.80. The van der Waals surface area contributed by atoms with Gasteiger partial charge in [-0.05, 0) is 45.7 Å². The third-order valence-electron chi connectivity index (χ3n) is 2.83. The molecule has 0 saturated carbocycles. The van der Waals surface area contributed by atoms with Gasteiger partial charge in [-0.2, -0.15) is 0 Å².